The summed E-state index contributed by atoms with van der Waals surface area (Å²) in [7, 11) is 1.60. The molecule has 2 aromatic carbocycles. The van der Waals surface area contributed by atoms with E-state index < -0.39 is 6.16 Å². The van der Waals surface area contributed by atoms with Crippen molar-refractivity contribution in [3.05, 3.63) is 60.3 Å². The number of carbonyl (C=O) groups is 1. The van der Waals surface area contributed by atoms with Gasteiger partial charge in [-0.15, -0.1) is 0 Å². The second-order valence-electron chi connectivity index (χ2n) is 5.10. The number of aryl methyl sites for hydroxylation is 1. The zero-order valence-corrected chi connectivity index (χ0v) is 13.9. The molecule has 0 aliphatic carbocycles. The Kier molecular flexibility index (Phi) is 4.99. The fourth-order valence-electron chi connectivity index (χ4n) is 2.18. The fourth-order valence-corrected chi connectivity index (χ4v) is 2.18. The van der Waals surface area contributed by atoms with Gasteiger partial charge in [0.2, 0.25) is 5.89 Å². The third kappa shape index (κ3) is 3.98. The van der Waals surface area contributed by atoms with Crippen LogP contribution in [0.4, 0.5) is 4.79 Å². The van der Waals surface area contributed by atoms with Gasteiger partial charge in [-0.25, -0.2) is 9.78 Å². The van der Waals surface area contributed by atoms with Gasteiger partial charge in [-0.2, -0.15) is 0 Å². The first kappa shape index (κ1) is 16.6. The van der Waals surface area contributed by atoms with E-state index in [1.165, 1.54) is 0 Å². The van der Waals surface area contributed by atoms with Crippen molar-refractivity contribution in [2.24, 2.45) is 0 Å². The van der Waals surface area contributed by atoms with Crippen molar-refractivity contribution in [1.29, 1.82) is 0 Å². The molecule has 0 amide bonds. The van der Waals surface area contributed by atoms with E-state index in [9.17, 15) is 4.79 Å². The number of hydrogen-bond donors (Lipinski definition) is 0. The van der Waals surface area contributed by atoms with Crippen LogP contribution in [-0.4, -0.2) is 18.2 Å². The maximum Gasteiger partial charge on any atom is 0.521 e. The van der Waals surface area contributed by atoms with Gasteiger partial charge in [-0.05, 0) is 42.8 Å². The minimum absolute atomic E-state index is 0.0363. The summed E-state index contributed by atoms with van der Waals surface area (Å²) in [5.41, 5.74) is 1.29. The Balaban J connectivity index is 1.77. The molecule has 0 radical (unpaired) electrons. The molecule has 0 saturated carbocycles. The Morgan fingerprint density at radius 1 is 1.00 bits per heavy atom. The molecule has 25 heavy (non-hydrogen) atoms. The number of benzene rings is 2. The Bertz CT molecular complexity index is 840. The predicted molar refractivity (Wildman–Crippen MR) is 91.0 cm³/mol. The second kappa shape index (κ2) is 7.53. The van der Waals surface area contributed by atoms with Crippen molar-refractivity contribution in [3.63, 3.8) is 0 Å². The molecular weight excluding hydrogens is 322 g/mol. The zero-order valence-electron chi connectivity index (χ0n) is 13.9. The van der Waals surface area contributed by atoms with Crippen LogP contribution in [0.2, 0.25) is 0 Å². The largest absolute Gasteiger partial charge is 0.521 e. The summed E-state index contributed by atoms with van der Waals surface area (Å²) in [6, 6.07) is 15.9. The molecule has 3 rings (SSSR count). The van der Waals surface area contributed by atoms with E-state index in [1.807, 2.05) is 25.1 Å². The van der Waals surface area contributed by atoms with Crippen LogP contribution in [0.3, 0.4) is 0 Å². The number of carbonyl (C=O) groups excluding carboxylic acids is 1. The van der Waals surface area contributed by atoms with Gasteiger partial charge < -0.3 is 18.6 Å². The standard InChI is InChI=1S/C19H17NO5/c1-3-16-18(25-19(21)23-15-7-5-4-6-8-15)24-17(20-16)13-9-11-14(22-2)12-10-13/h4-12H,3H2,1-2H3. The van der Waals surface area contributed by atoms with E-state index in [4.69, 9.17) is 18.6 Å². The van der Waals surface area contributed by atoms with Crippen molar-refractivity contribution < 1.29 is 23.4 Å². The first-order valence-electron chi connectivity index (χ1n) is 7.78. The monoisotopic (exact) mass is 339 g/mol. The van der Waals surface area contributed by atoms with Crippen LogP contribution in [0, 0.1) is 0 Å². The summed E-state index contributed by atoms with van der Waals surface area (Å²) in [6.07, 6.45) is -0.327. The first-order chi connectivity index (χ1) is 12.2. The van der Waals surface area contributed by atoms with E-state index >= 15 is 0 Å². The lowest BCUT2D eigenvalue weighted by molar-refractivity contribution is 0.140. The van der Waals surface area contributed by atoms with Crippen molar-refractivity contribution in [2.75, 3.05) is 7.11 Å². The molecule has 128 valence electrons. The molecule has 0 unspecified atom stereocenters. The number of hydrogen-bond acceptors (Lipinski definition) is 6. The van der Waals surface area contributed by atoms with Gasteiger partial charge in [0.25, 0.3) is 0 Å². The van der Waals surface area contributed by atoms with Crippen LogP contribution in [-0.2, 0) is 6.42 Å². The third-order valence-corrected chi connectivity index (χ3v) is 3.45. The Morgan fingerprint density at radius 3 is 2.36 bits per heavy atom. The van der Waals surface area contributed by atoms with E-state index in [0.717, 1.165) is 11.3 Å². The number of ether oxygens (including phenoxy) is 3. The average molecular weight is 339 g/mol. The molecule has 0 bridgehead atoms. The zero-order chi connectivity index (χ0) is 17.6. The van der Waals surface area contributed by atoms with Gasteiger partial charge in [0.15, 0.2) is 0 Å². The highest BCUT2D eigenvalue weighted by atomic mass is 16.8. The summed E-state index contributed by atoms with van der Waals surface area (Å²) < 4.78 is 21.0. The maximum atomic E-state index is 11.9. The second-order valence-corrected chi connectivity index (χ2v) is 5.10. The normalized spacial score (nSPS) is 10.3. The van der Waals surface area contributed by atoms with E-state index in [1.54, 1.807) is 43.5 Å². The lowest BCUT2D eigenvalue weighted by Gasteiger charge is -2.03. The number of nitrogens with zero attached hydrogens (tertiary/aromatic N) is 1. The third-order valence-electron chi connectivity index (χ3n) is 3.45. The summed E-state index contributed by atoms with van der Waals surface area (Å²) >= 11 is 0. The molecule has 0 N–H and O–H groups in total. The molecule has 0 spiro atoms. The molecule has 0 atom stereocenters. The molecule has 0 aliphatic heterocycles. The first-order valence-corrected chi connectivity index (χ1v) is 7.78. The lowest BCUT2D eigenvalue weighted by Crippen LogP contribution is -2.14. The predicted octanol–water partition coefficient (Wildman–Crippen LogP) is 4.49. The molecule has 1 aromatic heterocycles. The molecule has 3 aromatic rings. The molecular formula is C19H17NO5. The molecule has 0 aliphatic rings. The molecule has 6 nitrogen and oxygen atoms in total. The lowest BCUT2D eigenvalue weighted by atomic mass is 10.2. The quantitative estimate of drug-likeness (QED) is 0.504. The number of methoxy groups -OCH3 is 1. The molecule has 1 heterocycles. The van der Waals surface area contributed by atoms with Gasteiger partial charge in [0, 0.05) is 5.56 Å². The van der Waals surface area contributed by atoms with Gasteiger partial charge in [0.1, 0.15) is 17.2 Å². The fraction of sp³-hybridized carbons (Fsp3) is 0.158. The van der Waals surface area contributed by atoms with Crippen molar-refractivity contribution in [1.82, 2.24) is 4.98 Å². The topological polar surface area (TPSA) is 70.8 Å². The highest BCUT2D eigenvalue weighted by molar-refractivity contribution is 5.67. The molecule has 0 saturated heterocycles. The van der Waals surface area contributed by atoms with E-state index in [-0.39, 0.29) is 5.95 Å². The number of aromatic nitrogens is 1. The number of rotatable bonds is 5. The van der Waals surface area contributed by atoms with Crippen LogP contribution in [0.1, 0.15) is 12.6 Å². The van der Waals surface area contributed by atoms with Gasteiger partial charge >= 0.3 is 12.1 Å². The average Bonchev–Trinajstić information content (AvgIpc) is 3.05. The Labute approximate surface area is 145 Å². The summed E-state index contributed by atoms with van der Waals surface area (Å²) in [5, 5.41) is 0. The van der Waals surface area contributed by atoms with Gasteiger partial charge in [-0.3, -0.25) is 0 Å². The molecule has 6 heteroatoms. The van der Waals surface area contributed by atoms with Crippen LogP contribution in [0.15, 0.2) is 59.0 Å². The number of para-hydroxylation sites is 1. The van der Waals surface area contributed by atoms with Crippen molar-refractivity contribution in [2.45, 2.75) is 13.3 Å². The maximum absolute atomic E-state index is 11.9. The number of oxazole rings is 1. The van der Waals surface area contributed by atoms with E-state index in [2.05, 4.69) is 4.98 Å². The Morgan fingerprint density at radius 2 is 1.72 bits per heavy atom. The van der Waals surface area contributed by atoms with E-state index in [0.29, 0.717) is 23.8 Å². The SMILES string of the molecule is CCc1nc(-c2ccc(OC)cc2)oc1OC(=O)Oc1ccccc1. The van der Waals surface area contributed by atoms with Gasteiger partial charge in [-0.1, -0.05) is 25.1 Å². The minimum atomic E-state index is -0.877. The Hall–Kier alpha value is -3.28. The van der Waals surface area contributed by atoms with Crippen molar-refractivity contribution in [3.8, 4) is 28.9 Å². The summed E-state index contributed by atoms with van der Waals surface area (Å²) in [4.78, 5) is 16.3. The van der Waals surface area contributed by atoms with Crippen LogP contribution < -0.4 is 14.2 Å². The summed E-state index contributed by atoms with van der Waals surface area (Å²) in [6.45, 7) is 1.89. The highest BCUT2D eigenvalue weighted by Crippen LogP contribution is 2.29. The van der Waals surface area contributed by atoms with Crippen LogP contribution >= 0.6 is 0 Å². The van der Waals surface area contributed by atoms with Gasteiger partial charge in [0.05, 0.1) is 7.11 Å². The minimum Gasteiger partial charge on any atom is -0.497 e. The van der Waals surface area contributed by atoms with Crippen LogP contribution in [0.5, 0.6) is 17.4 Å². The smallest absolute Gasteiger partial charge is 0.497 e. The van der Waals surface area contributed by atoms with Crippen molar-refractivity contribution >= 4 is 6.16 Å². The highest BCUT2D eigenvalue weighted by Gasteiger charge is 2.19. The van der Waals surface area contributed by atoms with Crippen LogP contribution in [0.25, 0.3) is 11.5 Å². The molecule has 0 fully saturated rings. The summed E-state index contributed by atoms with van der Waals surface area (Å²) in [5.74, 6) is 1.52.